The molecule has 0 saturated carbocycles. The van der Waals surface area contributed by atoms with Gasteiger partial charge in [-0.1, -0.05) is 11.6 Å². The summed E-state index contributed by atoms with van der Waals surface area (Å²) < 4.78 is 18.8. The van der Waals surface area contributed by atoms with Gasteiger partial charge in [0.2, 0.25) is 0 Å². The van der Waals surface area contributed by atoms with Crippen LogP contribution in [0.1, 0.15) is 12.2 Å². The second kappa shape index (κ2) is 10.9. The molecule has 2 rings (SSSR count). The van der Waals surface area contributed by atoms with Crippen molar-refractivity contribution in [1.29, 1.82) is 0 Å². The molecule has 1 heterocycles. The molecule has 1 aromatic heterocycles. The van der Waals surface area contributed by atoms with Crippen LogP contribution in [-0.2, 0) is 6.54 Å². The Labute approximate surface area is 147 Å². The zero-order valence-electron chi connectivity index (χ0n) is 12.1. The Bertz CT molecular complexity index is 563. The molecule has 2 aromatic rings. The van der Waals surface area contributed by atoms with Crippen molar-refractivity contribution in [3.63, 3.8) is 0 Å². The van der Waals surface area contributed by atoms with Gasteiger partial charge in [0.05, 0.1) is 11.6 Å². The van der Waals surface area contributed by atoms with Crippen LogP contribution < -0.4 is 35.4 Å². The molecular weight excluding hydrogens is 350 g/mol. The molecule has 0 aliphatic rings. The Morgan fingerprint density at radius 2 is 1.91 bits per heavy atom. The van der Waals surface area contributed by atoms with Gasteiger partial charge in [0.25, 0.3) is 0 Å². The van der Waals surface area contributed by atoms with E-state index in [0.717, 1.165) is 30.8 Å². The molecule has 0 bridgehead atoms. The highest BCUT2D eigenvalue weighted by molar-refractivity contribution is 6.31. The van der Waals surface area contributed by atoms with Crippen molar-refractivity contribution in [1.82, 2.24) is 10.6 Å². The van der Waals surface area contributed by atoms with Gasteiger partial charge in [-0.05, 0) is 56.9 Å². The van der Waals surface area contributed by atoms with Gasteiger partial charge >= 0.3 is 0 Å². The zero-order chi connectivity index (χ0) is 14.4. The van der Waals surface area contributed by atoms with Crippen LogP contribution in [0.5, 0.6) is 0 Å². The van der Waals surface area contributed by atoms with E-state index in [0.29, 0.717) is 12.3 Å². The lowest BCUT2D eigenvalue weighted by Crippen LogP contribution is -3.00. The minimum absolute atomic E-state index is 0. The summed E-state index contributed by atoms with van der Waals surface area (Å²) in [4.78, 5) is 0. The molecule has 2 N–H and O–H groups in total. The van der Waals surface area contributed by atoms with Gasteiger partial charge in [0, 0.05) is 5.56 Å². The van der Waals surface area contributed by atoms with Crippen LogP contribution in [0.2, 0.25) is 5.02 Å². The molecule has 1 aromatic carbocycles. The topological polar surface area (TPSA) is 37.2 Å². The first-order chi connectivity index (χ1) is 9.70. The Morgan fingerprint density at radius 3 is 2.59 bits per heavy atom. The largest absolute Gasteiger partial charge is 1.00 e. The zero-order valence-corrected chi connectivity index (χ0v) is 14.4. The summed E-state index contributed by atoms with van der Waals surface area (Å²) in [5.41, 5.74) is 0.776. The van der Waals surface area contributed by atoms with Gasteiger partial charge in [0.1, 0.15) is 17.3 Å². The fourth-order valence-corrected chi connectivity index (χ4v) is 2.06. The maximum Gasteiger partial charge on any atom is 0.141 e. The third-order valence-electron chi connectivity index (χ3n) is 2.95. The number of benzene rings is 1. The maximum absolute atomic E-state index is 13.1. The van der Waals surface area contributed by atoms with Gasteiger partial charge in [-0.2, -0.15) is 0 Å². The summed E-state index contributed by atoms with van der Waals surface area (Å²) in [7, 11) is 1.94. The van der Waals surface area contributed by atoms with Crippen LogP contribution in [0.25, 0.3) is 11.3 Å². The number of hydrogen-bond acceptors (Lipinski definition) is 3. The lowest BCUT2D eigenvalue weighted by atomic mass is 10.2. The highest BCUT2D eigenvalue weighted by atomic mass is 35.5. The van der Waals surface area contributed by atoms with E-state index in [-0.39, 0.29) is 29.8 Å². The Kier molecular flexibility index (Phi) is 10.5. The summed E-state index contributed by atoms with van der Waals surface area (Å²) >= 11 is 5.77. The summed E-state index contributed by atoms with van der Waals surface area (Å²) in [5, 5.41) is 6.50. The van der Waals surface area contributed by atoms with Gasteiger partial charge < -0.3 is 39.9 Å². The average Bonchev–Trinajstić information content (AvgIpc) is 2.90. The maximum atomic E-state index is 13.1. The molecule has 22 heavy (non-hydrogen) atoms. The van der Waals surface area contributed by atoms with Crippen LogP contribution in [0.3, 0.4) is 0 Å². The second-order valence-electron chi connectivity index (χ2n) is 4.53. The second-order valence-corrected chi connectivity index (χ2v) is 4.94. The van der Waals surface area contributed by atoms with Crippen LogP contribution in [0.15, 0.2) is 34.7 Å². The van der Waals surface area contributed by atoms with Crippen molar-refractivity contribution >= 4 is 11.6 Å². The number of hydrogen-bond donors (Lipinski definition) is 2. The standard InChI is InChI=1S/C15H18ClFN2O.2ClH/c1-18-7-2-8-19-10-12-4-6-15(20-12)11-3-5-14(17)13(16)9-11;;/h3-6,9,18-19H,2,7-8,10H2,1H3;2*1H/p-2. The van der Waals surface area contributed by atoms with Crippen LogP contribution in [0.4, 0.5) is 4.39 Å². The molecule has 0 spiro atoms. The van der Waals surface area contributed by atoms with Gasteiger partial charge in [0.15, 0.2) is 0 Å². The fourth-order valence-electron chi connectivity index (χ4n) is 1.88. The highest BCUT2D eigenvalue weighted by Crippen LogP contribution is 2.26. The molecule has 0 fully saturated rings. The molecule has 0 aliphatic carbocycles. The lowest BCUT2D eigenvalue weighted by Gasteiger charge is -2.02. The van der Waals surface area contributed by atoms with Crippen molar-refractivity contribution in [2.75, 3.05) is 20.1 Å². The lowest BCUT2D eigenvalue weighted by molar-refractivity contribution is -0.001000. The molecule has 0 aliphatic heterocycles. The smallest absolute Gasteiger partial charge is 0.141 e. The van der Waals surface area contributed by atoms with E-state index in [1.165, 1.54) is 6.07 Å². The molecule has 124 valence electrons. The molecule has 0 radical (unpaired) electrons. The van der Waals surface area contributed by atoms with Crippen molar-refractivity contribution < 1.29 is 33.6 Å². The minimum atomic E-state index is -0.423. The number of nitrogens with one attached hydrogen (secondary N) is 2. The highest BCUT2D eigenvalue weighted by Gasteiger charge is 2.07. The van der Waals surface area contributed by atoms with Crippen LogP contribution >= 0.6 is 11.6 Å². The predicted molar refractivity (Wildman–Crippen MR) is 79.4 cm³/mol. The SMILES string of the molecule is CNCCCNCc1ccc(-c2ccc(F)c(Cl)c2)o1.[Cl-].[Cl-]. The molecular formula is C15H18Cl3FN2O-2. The van der Waals surface area contributed by atoms with Gasteiger partial charge in [-0.25, -0.2) is 4.39 Å². The Balaban J connectivity index is 0.00000220. The third kappa shape index (κ3) is 6.15. The van der Waals surface area contributed by atoms with E-state index in [4.69, 9.17) is 16.0 Å². The summed E-state index contributed by atoms with van der Waals surface area (Å²) in [6.07, 6.45) is 1.07. The summed E-state index contributed by atoms with van der Waals surface area (Å²) in [5.74, 6) is 1.12. The van der Waals surface area contributed by atoms with Gasteiger partial charge in [-0.15, -0.1) is 0 Å². The van der Waals surface area contributed by atoms with E-state index in [9.17, 15) is 4.39 Å². The number of furan rings is 1. The van der Waals surface area contributed by atoms with Crippen molar-refractivity contribution in [3.8, 4) is 11.3 Å². The van der Waals surface area contributed by atoms with E-state index in [1.807, 2.05) is 19.2 Å². The molecule has 3 nitrogen and oxygen atoms in total. The van der Waals surface area contributed by atoms with Gasteiger partial charge in [-0.3, -0.25) is 0 Å². The quantitative estimate of drug-likeness (QED) is 0.529. The van der Waals surface area contributed by atoms with Crippen LogP contribution in [0, 0.1) is 5.82 Å². The number of halogens is 4. The van der Waals surface area contributed by atoms with Crippen molar-refractivity contribution in [2.24, 2.45) is 0 Å². The first kappa shape index (κ1) is 21.2. The Hall–Kier alpha value is -0.780. The normalized spacial score (nSPS) is 9.95. The van der Waals surface area contributed by atoms with Crippen LogP contribution in [-0.4, -0.2) is 20.1 Å². The molecule has 7 heteroatoms. The van der Waals surface area contributed by atoms with Crippen molar-refractivity contribution in [3.05, 3.63) is 46.9 Å². The van der Waals surface area contributed by atoms with Crippen molar-refractivity contribution in [2.45, 2.75) is 13.0 Å². The fraction of sp³-hybridized carbons (Fsp3) is 0.333. The average molecular weight is 368 g/mol. The monoisotopic (exact) mass is 366 g/mol. The molecule has 0 saturated heterocycles. The molecule has 0 amide bonds. The molecule has 0 unspecified atom stereocenters. The Morgan fingerprint density at radius 1 is 1.14 bits per heavy atom. The first-order valence-corrected chi connectivity index (χ1v) is 6.98. The van der Waals surface area contributed by atoms with E-state index < -0.39 is 5.82 Å². The predicted octanol–water partition coefficient (Wildman–Crippen LogP) is -2.55. The summed E-state index contributed by atoms with van der Waals surface area (Å²) in [6, 6.07) is 8.35. The molecule has 0 atom stereocenters. The number of rotatable bonds is 7. The van der Waals surface area contributed by atoms with E-state index in [2.05, 4.69) is 10.6 Å². The minimum Gasteiger partial charge on any atom is -1.00 e. The summed E-state index contributed by atoms with van der Waals surface area (Å²) in [6.45, 7) is 2.60. The van der Waals surface area contributed by atoms with E-state index in [1.54, 1.807) is 12.1 Å². The van der Waals surface area contributed by atoms with E-state index >= 15 is 0 Å². The first-order valence-electron chi connectivity index (χ1n) is 6.60. The third-order valence-corrected chi connectivity index (χ3v) is 3.23.